The Bertz CT molecular complexity index is 587. The van der Waals surface area contributed by atoms with Gasteiger partial charge in [0, 0.05) is 5.39 Å². The number of phenolic OH excluding ortho intramolecular Hbond substituents is 1. The number of rotatable bonds is 0. The maximum Gasteiger partial charge on any atom is 0.151 e. The number of hydrogen-bond acceptors (Lipinski definition) is 2. The highest BCUT2D eigenvalue weighted by Gasteiger charge is 2.13. The van der Waals surface area contributed by atoms with Gasteiger partial charge in [-0.25, -0.2) is 8.78 Å². The predicted molar refractivity (Wildman–Crippen MR) is 50.2 cm³/mol. The molecule has 4 heteroatoms. The quantitative estimate of drug-likeness (QED) is 0.718. The lowest BCUT2D eigenvalue weighted by Gasteiger charge is -2.02. The average molecular weight is 205 g/mol. The molecule has 0 heterocycles. The zero-order valence-corrected chi connectivity index (χ0v) is 7.46. The molecule has 0 fully saturated rings. The molecule has 0 saturated carbocycles. The maximum atomic E-state index is 13.5. The second-order valence-corrected chi connectivity index (χ2v) is 3.06. The molecule has 2 aromatic rings. The molecular weight excluding hydrogens is 200 g/mol. The fourth-order valence-corrected chi connectivity index (χ4v) is 1.42. The van der Waals surface area contributed by atoms with Gasteiger partial charge in [0.1, 0.15) is 23.2 Å². The van der Waals surface area contributed by atoms with Crippen LogP contribution in [0.15, 0.2) is 24.3 Å². The molecule has 0 bridgehead atoms. The largest absolute Gasteiger partial charge is 0.508 e. The standard InChI is InChI=1S/C11H5F2NO/c12-10-4-6-3-7(15)1-2-8(6)11(13)9(10)5-14/h1-4,15H. The third kappa shape index (κ3) is 1.38. The van der Waals surface area contributed by atoms with Gasteiger partial charge in [-0.05, 0) is 29.7 Å². The highest BCUT2D eigenvalue weighted by molar-refractivity contribution is 5.86. The Hall–Kier alpha value is -2.15. The Morgan fingerprint density at radius 1 is 1.20 bits per heavy atom. The van der Waals surface area contributed by atoms with Crippen molar-refractivity contribution in [2.45, 2.75) is 0 Å². The van der Waals surface area contributed by atoms with E-state index in [9.17, 15) is 8.78 Å². The van der Waals surface area contributed by atoms with Crippen molar-refractivity contribution in [3.63, 3.8) is 0 Å². The van der Waals surface area contributed by atoms with Gasteiger partial charge in [0.25, 0.3) is 0 Å². The third-order valence-electron chi connectivity index (χ3n) is 2.12. The van der Waals surface area contributed by atoms with Crippen molar-refractivity contribution in [3.8, 4) is 11.8 Å². The number of halogens is 2. The molecule has 2 rings (SSSR count). The first-order valence-corrected chi connectivity index (χ1v) is 4.14. The van der Waals surface area contributed by atoms with Crippen LogP contribution in [0, 0.1) is 23.0 Å². The van der Waals surface area contributed by atoms with E-state index < -0.39 is 17.2 Å². The number of nitrogens with zero attached hydrogens (tertiary/aromatic N) is 1. The number of nitriles is 1. The molecule has 0 amide bonds. The van der Waals surface area contributed by atoms with E-state index in [1.807, 2.05) is 0 Å². The molecular formula is C11H5F2NO. The van der Waals surface area contributed by atoms with Crippen molar-refractivity contribution in [3.05, 3.63) is 41.5 Å². The molecule has 0 aliphatic heterocycles. The van der Waals surface area contributed by atoms with Crippen LogP contribution in [0.4, 0.5) is 8.78 Å². The highest BCUT2D eigenvalue weighted by Crippen LogP contribution is 2.26. The van der Waals surface area contributed by atoms with E-state index in [4.69, 9.17) is 10.4 Å². The summed E-state index contributed by atoms with van der Waals surface area (Å²) in [7, 11) is 0. The molecule has 0 unspecified atom stereocenters. The first kappa shape index (κ1) is 9.41. The van der Waals surface area contributed by atoms with Crippen molar-refractivity contribution < 1.29 is 13.9 Å². The zero-order valence-electron chi connectivity index (χ0n) is 7.46. The van der Waals surface area contributed by atoms with Crippen LogP contribution in [0.3, 0.4) is 0 Å². The van der Waals surface area contributed by atoms with Crippen molar-refractivity contribution in [1.29, 1.82) is 5.26 Å². The van der Waals surface area contributed by atoms with Gasteiger partial charge in [-0.1, -0.05) is 0 Å². The van der Waals surface area contributed by atoms with Crippen molar-refractivity contribution in [2.24, 2.45) is 0 Å². The number of aromatic hydroxyl groups is 1. The summed E-state index contributed by atoms with van der Waals surface area (Å²) in [5, 5.41) is 18.0. The smallest absolute Gasteiger partial charge is 0.151 e. The van der Waals surface area contributed by atoms with Crippen LogP contribution in [0.5, 0.6) is 5.75 Å². The Labute approximate surface area is 84.0 Å². The Morgan fingerprint density at radius 3 is 2.60 bits per heavy atom. The highest BCUT2D eigenvalue weighted by atomic mass is 19.1. The normalized spacial score (nSPS) is 10.2. The molecule has 0 aromatic heterocycles. The minimum atomic E-state index is -0.923. The lowest BCUT2D eigenvalue weighted by molar-refractivity contribution is 0.476. The number of hydrogen-bond donors (Lipinski definition) is 1. The molecule has 74 valence electrons. The Morgan fingerprint density at radius 2 is 1.93 bits per heavy atom. The minimum Gasteiger partial charge on any atom is -0.508 e. The summed E-state index contributed by atoms with van der Waals surface area (Å²) >= 11 is 0. The van der Waals surface area contributed by atoms with E-state index in [2.05, 4.69) is 0 Å². The summed E-state index contributed by atoms with van der Waals surface area (Å²) in [5.74, 6) is -1.90. The van der Waals surface area contributed by atoms with Crippen LogP contribution < -0.4 is 0 Å². The number of fused-ring (bicyclic) bond motifs is 1. The van der Waals surface area contributed by atoms with Crippen LogP contribution in [-0.2, 0) is 0 Å². The summed E-state index contributed by atoms with van der Waals surface area (Å²) in [6.45, 7) is 0. The lowest BCUT2D eigenvalue weighted by atomic mass is 10.1. The van der Waals surface area contributed by atoms with Crippen molar-refractivity contribution >= 4 is 10.8 Å². The molecule has 15 heavy (non-hydrogen) atoms. The lowest BCUT2D eigenvalue weighted by Crippen LogP contribution is -1.91. The van der Waals surface area contributed by atoms with E-state index in [1.165, 1.54) is 24.3 Å². The second kappa shape index (κ2) is 3.21. The first-order chi connectivity index (χ1) is 7.13. The minimum absolute atomic E-state index is 0.0778. The molecule has 0 saturated heterocycles. The van der Waals surface area contributed by atoms with Gasteiger partial charge in [-0.15, -0.1) is 0 Å². The van der Waals surface area contributed by atoms with E-state index in [0.29, 0.717) is 0 Å². The topological polar surface area (TPSA) is 44.0 Å². The molecule has 2 nitrogen and oxygen atoms in total. The van der Waals surface area contributed by atoms with Gasteiger partial charge in [0.2, 0.25) is 0 Å². The fourth-order valence-electron chi connectivity index (χ4n) is 1.42. The summed E-state index contributed by atoms with van der Waals surface area (Å²) < 4.78 is 26.7. The van der Waals surface area contributed by atoms with Crippen LogP contribution in [0.2, 0.25) is 0 Å². The monoisotopic (exact) mass is 205 g/mol. The van der Waals surface area contributed by atoms with Crippen molar-refractivity contribution in [1.82, 2.24) is 0 Å². The average Bonchev–Trinajstić information content (AvgIpc) is 2.17. The van der Waals surface area contributed by atoms with Crippen LogP contribution in [0.25, 0.3) is 10.8 Å². The second-order valence-electron chi connectivity index (χ2n) is 3.06. The van der Waals surface area contributed by atoms with E-state index in [1.54, 1.807) is 0 Å². The maximum absolute atomic E-state index is 13.5. The SMILES string of the molecule is N#Cc1c(F)cc2cc(O)ccc2c1F. The molecule has 0 aliphatic carbocycles. The molecule has 1 N–H and O–H groups in total. The van der Waals surface area contributed by atoms with E-state index in [-0.39, 0.29) is 16.5 Å². The zero-order chi connectivity index (χ0) is 11.0. The van der Waals surface area contributed by atoms with Gasteiger partial charge >= 0.3 is 0 Å². The molecule has 0 spiro atoms. The summed E-state index contributed by atoms with van der Waals surface area (Å²) in [6.07, 6.45) is 0. The van der Waals surface area contributed by atoms with Crippen LogP contribution >= 0.6 is 0 Å². The van der Waals surface area contributed by atoms with Gasteiger partial charge in [0.15, 0.2) is 5.82 Å². The summed E-state index contributed by atoms with van der Waals surface area (Å²) in [5.41, 5.74) is -0.604. The molecule has 0 atom stereocenters. The summed E-state index contributed by atoms with van der Waals surface area (Å²) in [6, 6.07) is 6.31. The van der Waals surface area contributed by atoms with Crippen LogP contribution in [-0.4, -0.2) is 5.11 Å². The molecule has 0 aliphatic rings. The third-order valence-corrected chi connectivity index (χ3v) is 2.12. The molecule has 0 radical (unpaired) electrons. The predicted octanol–water partition coefficient (Wildman–Crippen LogP) is 2.70. The number of phenols is 1. The van der Waals surface area contributed by atoms with E-state index in [0.717, 1.165) is 6.07 Å². The van der Waals surface area contributed by atoms with Gasteiger partial charge in [-0.3, -0.25) is 0 Å². The first-order valence-electron chi connectivity index (χ1n) is 4.14. The Kier molecular flexibility index (Phi) is 2.01. The van der Waals surface area contributed by atoms with Gasteiger partial charge in [-0.2, -0.15) is 5.26 Å². The van der Waals surface area contributed by atoms with Crippen LogP contribution in [0.1, 0.15) is 5.56 Å². The summed E-state index contributed by atoms with van der Waals surface area (Å²) in [4.78, 5) is 0. The van der Waals surface area contributed by atoms with Gasteiger partial charge in [0.05, 0.1) is 0 Å². The number of benzene rings is 2. The fraction of sp³-hybridized carbons (Fsp3) is 0. The van der Waals surface area contributed by atoms with Crippen molar-refractivity contribution in [2.75, 3.05) is 0 Å². The molecule has 2 aromatic carbocycles. The Balaban J connectivity index is 2.92. The van der Waals surface area contributed by atoms with Gasteiger partial charge < -0.3 is 5.11 Å². The van der Waals surface area contributed by atoms with E-state index >= 15 is 0 Å².